The first-order valence-electron chi connectivity index (χ1n) is 8.99. The van der Waals surface area contributed by atoms with Crippen molar-refractivity contribution in [1.82, 2.24) is 19.9 Å². The molecular formula is C20H25N5. The summed E-state index contributed by atoms with van der Waals surface area (Å²) < 4.78 is 0. The molecule has 1 saturated heterocycles. The van der Waals surface area contributed by atoms with E-state index in [-0.39, 0.29) is 0 Å². The lowest BCUT2D eigenvalue weighted by Gasteiger charge is -2.47. The Labute approximate surface area is 148 Å². The van der Waals surface area contributed by atoms with Crippen LogP contribution in [0, 0.1) is 5.92 Å². The highest BCUT2D eigenvalue weighted by Gasteiger charge is 2.35. The second kappa shape index (κ2) is 6.84. The zero-order valence-electron chi connectivity index (χ0n) is 14.9. The zero-order chi connectivity index (χ0) is 17.2. The maximum atomic E-state index is 4.49. The molecule has 0 saturated carbocycles. The minimum absolute atomic E-state index is 0.645. The third-order valence-corrected chi connectivity index (χ3v) is 5.33. The van der Waals surface area contributed by atoms with Gasteiger partial charge in [0, 0.05) is 38.9 Å². The summed E-state index contributed by atoms with van der Waals surface area (Å²) in [5, 5.41) is 1.09. The van der Waals surface area contributed by atoms with E-state index in [2.05, 4.69) is 75.1 Å². The Kier molecular flexibility index (Phi) is 4.40. The lowest BCUT2D eigenvalue weighted by Crippen LogP contribution is -2.55. The molecule has 1 aliphatic rings. The molecule has 1 N–H and O–H groups in total. The van der Waals surface area contributed by atoms with E-state index >= 15 is 0 Å². The third-order valence-electron chi connectivity index (χ3n) is 5.33. The summed E-state index contributed by atoms with van der Waals surface area (Å²) in [7, 11) is 2.12. The highest BCUT2D eigenvalue weighted by molar-refractivity contribution is 5.87. The molecule has 2 atom stereocenters. The molecule has 130 valence electrons. The van der Waals surface area contributed by atoms with Crippen LogP contribution in [0.2, 0.25) is 0 Å². The molecule has 0 bridgehead atoms. The largest absolute Gasteiger partial charge is 0.359 e. The highest BCUT2D eigenvalue weighted by Crippen LogP contribution is 2.30. The number of fused-ring (bicyclic) bond motifs is 1. The van der Waals surface area contributed by atoms with Crippen LogP contribution in [0.1, 0.15) is 18.9 Å². The van der Waals surface area contributed by atoms with Crippen molar-refractivity contribution < 1.29 is 0 Å². The van der Waals surface area contributed by atoms with E-state index in [1.54, 1.807) is 6.33 Å². The van der Waals surface area contributed by atoms with Crippen molar-refractivity contribution in [2.45, 2.75) is 25.9 Å². The molecule has 3 aromatic rings. The summed E-state index contributed by atoms with van der Waals surface area (Å²) in [6, 6.07) is 13.5. The fraction of sp³-hybridized carbons (Fsp3) is 0.400. The van der Waals surface area contributed by atoms with Gasteiger partial charge in [-0.2, -0.15) is 0 Å². The van der Waals surface area contributed by atoms with Crippen molar-refractivity contribution in [2.24, 2.45) is 5.92 Å². The van der Waals surface area contributed by atoms with Crippen molar-refractivity contribution in [2.75, 3.05) is 25.0 Å². The van der Waals surface area contributed by atoms with E-state index in [9.17, 15) is 0 Å². The first-order valence-corrected chi connectivity index (χ1v) is 8.99. The van der Waals surface area contributed by atoms with Gasteiger partial charge < -0.3 is 9.88 Å². The Hall–Kier alpha value is -2.40. The average Bonchev–Trinajstić information content (AvgIpc) is 3.10. The Balaban J connectivity index is 1.39. The smallest absolute Gasteiger partial charge is 0.142 e. The van der Waals surface area contributed by atoms with Crippen LogP contribution in [0.25, 0.3) is 11.0 Å². The predicted molar refractivity (Wildman–Crippen MR) is 102 cm³/mol. The normalized spacial score (nSPS) is 20.6. The molecular weight excluding hydrogens is 310 g/mol. The van der Waals surface area contributed by atoms with Crippen LogP contribution in [0.15, 0.2) is 48.9 Å². The van der Waals surface area contributed by atoms with E-state index < -0.39 is 0 Å². The number of nitrogens with zero attached hydrogens (tertiary/aromatic N) is 4. The number of aromatic amines is 1. The number of nitrogens with one attached hydrogen (secondary N) is 1. The number of aromatic nitrogens is 3. The van der Waals surface area contributed by atoms with Crippen LogP contribution in [-0.2, 0) is 6.54 Å². The molecule has 25 heavy (non-hydrogen) atoms. The molecule has 1 aromatic carbocycles. The summed E-state index contributed by atoms with van der Waals surface area (Å²) in [5.74, 6) is 1.77. The van der Waals surface area contributed by atoms with Gasteiger partial charge >= 0.3 is 0 Å². The minimum atomic E-state index is 0.645. The van der Waals surface area contributed by atoms with Crippen molar-refractivity contribution in [1.29, 1.82) is 0 Å². The van der Waals surface area contributed by atoms with Gasteiger partial charge in [0.05, 0.1) is 5.39 Å². The molecule has 0 amide bonds. The number of rotatable bonds is 6. The van der Waals surface area contributed by atoms with Crippen LogP contribution < -0.4 is 4.90 Å². The molecule has 3 heterocycles. The van der Waals surface area contributed by atoms with E-state index in [4.69, 9.17) is 0 Å². The second-order valence-electron chi connectivity index (χ2n) is 7.11. The van der Waals surface area contributed by atoms with Crippen molar-refractivity contribution in [3.63, 3.8) is 0 Å². The van der Waals surface area contributed by atoms with E-state index in [1.807, 2.05) is 6.20 Å². The Bertz CT molecular complexity index is 828. The van der Waals surface area contributed by atoms with Gasteiger partial charge in [-0.3, -0.25) is 4.90 Å². The summed E-state index contributed by atoms with van der Waals surface area (Å²) in [5.41, 5.74) is 2.30. The number of hydrogen-bond acceptors (Lipinski definition) is 4. The van der Waals surface area contributed by atoms with E-state index in [1.165, 1.54) is 12.1 Å². The maximum absolute atomic E-state index is 4.49. The van der Waals surface area contributed by atoms with Crippen molar-refractivity contribution in [3.05, 3.63) is 54.5 Å². The summed E-state index contributed by atoms with van der Waals surface area (Å²) in [6.45, 7) is 5.60. The molecule has 0 aliphatic carbocycles. The standard InChI is InChI=1S/C20H25N5/c1-15-12-25(13-16-6-4-3-5-7-16)18(15)9-11-24(2)20-17-8-10-21-19(17)22-14-23-20/h3-8,10,14-15,18H,9,11-13H2,1-2H3,(H,21,22,23)/t15-,18+/m0/s1. The van der Waals surface area contributed by atoms with Gasteiger partial charge in [0.2, 0.25) is 0 Å². The van der Waals surface area contributed by atoms with Crippen LogP contribution in [0.3, 0.4) is 0 Å². The van der Waals surface area contributed by atoms with Gasteiger partial charge in [0.15, 0.2) is 0 Å². The highest BCUT2D eigenvalue weighted by atomic mass is 15.2. The van der Waals surface area contributed by atoms with Gasteiger partial charge in [-0.15, -0.1) is 0 Å². The Morgan fingerprint density at radius 1 is 1.20 bits per heavy atom. The third kappa shape index (κ3) is 3.24. The molecule has 1 aliphatic heterocycles. The van der Waals surface area contributed by atoms with Crippen molar-refractivity contribution >= 4 is 16.9 Å². The number of likely N-dealkylation sites (tertiary alicyclic amines) is 1. The first-order chi connectivity index (χ1) is 12.2. The predicted octanol–water partition coefficient (Wildman–Crippen LogP) is 3.30. The van der Waals surface area contributed by atoms with Gasteiger partial charge in [0.1, 0.15) is 17.8 Å². The second-order valence-corrected chi connectivity index (χ2v) is 7.11. The molecule has 0 spiro atoms. The molecule has 4 rings (SSSR count). The van der Waals surface area contributed by atoms with Crippen LogP contribution in [0.4, 0.5) is 5.82 Å². The topological polar surface area (TPSA) is 48.1 Å². The van der Waals surface area contributed by atoms with Crippen LogP contribution in [0.5, 0.6) is 0 Å². The summed E-state index contributed by atoms with van der Waals surface area (Å²) >= 11 is 0. The van der Waals surface area contributed by atoms with E-state index in [0.29, 0.717) is 6.04 Å². The molecule has 5 heteroatoms. The lowest BCUT2D eigenvalue weighted by atomic mass is 9.87. The Morgan fingerprint density at radius 2 is 2.04 bits per heavy atom. The Morgan fingerprint density at radius 3 is 2.84 bits per heavy atom. The van der Waals surface area contributed by atoms with Crippen LogP contribution in [-0.4, -0.2) is 46.0 Å². The molecule has 1 fully saturated rings. The summed E-state index contributed by atoms with van der Waals surface area (Å²) in [4.78, 5) is 16.8. The number of H-pyrrole nitrogens is 1. The van der Waals surface area contributed by atoms with Gasteiger partial charge in [-0.1, -0.05) is 37.3 Å². The number of anilines is 1. The van der Waals surface area contributed by atoms with E-state index in [0.717, 1.165) is 42.3 Å². The van der Waals surface area contributed by atoms with Crippen molar-refractivity contribution in [3.8, 4) is 0 Å². The monoisotopic (exact) mass is 335 g/mol. The number of benzene rings is 1. The minimum Gasteiger partial charge on any atom is -0.359 e. The molecule has 0 radical (unpaired) electrons. The fourth-order valence-electron chi connectivity index (χ4n) is 3.91. The van der Waals surface area contributed by atoms with Gasteiger partial charge in [0.25, 0.3) is 0 Å². The first kappa shape index (κ1) is 16.1. The molecule has 2 aromatic heterocycles. The average molecular weight is 335 g/mol. The quantitative estimate of drug-likeness (QED) is 0.751. The summed E-state index contributed by atoms with van der Waals surface area (Å²) in [6.07, 6.45) is 4.71. The van der Waals surface area contributed by atoms with Crippen LogP contribution >= 0.6 is 0 Å². The number of hydrogen-bond donors (Lipinski definition) is 1. The molecule has 5 nitrogen and oxygen atoms in total. The van der Waals surface area contributed by atoms with Gasteiger partial charge in [-0.05, 0) is 24.0 Å². The molecule has 0 unspecified atom stereocenters. The maximum Gasteiger partial charge on any atom is 0.142 e. The van der Waals surface area contributed by atoms with Gasteiger partial charge in [-0.25, -0.2) is 9.97 Å². The zero-order valence-corrected chi connectivity index (χ0v) is 14.9. The lowest BCUT2D eigenvalue weighted by molar-refractivity contribution is 0.0138. The fourth-order valence-corrected chi connectivity index (χ4v) is 3.91. The SMILES string of the molecule is C[C@H]1CN(Cc2ccccc2)[C@@H]1CCN(C)c1ncnc2[nH]ccc12.